The van der Waals surface area contributed by atoms with E-state index in [1.54, 1.807) is 0 Å². The Hall–Kier alpha value is -0.900. The van der Waals surface area contributed by atoms with Crippen LogP contribution in [-0.4, -0.2) is 28.9 Å². The van der Waals surface area contributed by atoms with Gasteiger partial charge in [0.2, 0.25) is 0 Å². The van der Waals surface area contributed by atoms with Gasteiger partial charge in [-0.25, -0.2) is 0 Å². The van der Waals surface area contributed by atoms with Crippen LogP contribution in [0.4, 0.5) is 0 Å². The van der Waals surface area contributed by atoms with E-state index in [4.69, 9.17) is 0 Å². The van der Waals surface area contributed by atoms with Crippen molar-refractivity contribution in [3.05, 3.63) is 35.9 Å². The van der Waals surface area contributed by atoms with Gasteiger partial charge >= 0.3 is 0 Å². The van der Waals surface area contributed by atoms with E-state index in [0.717, 1.165) is 37.2 Å². The Labute approximate surface area is 115 Å². The quantitative estimate of drug-likeness (QED) is 0.763. The van der Waals surface area contributed by atoms with Crippen LogP contribution < -0.4 is 5.32 Å². The molecule has 106 valence electrons. The Morgan fingerprint density at radius 1 is 1.26 bits per heavy atom. The second-order valence-electron chi connectivity index (χ2n) is 5.96. The molecule has 0 amide bonds. The van der Waals surface area contributed by atoms with Crippen molar-refractivity contribution in [3.8, 4) is 0 Å². The van der Waals surface area contributed by atoms with Crippen molar-refractivity contribution in [2.45, 2.75) is 44.3 Å². The lowest BCUT2D eigenvalue weighted by Gasteiger charge is -2.35. The summed E-state index contributed by atoms with van der Waals surface area (Å²) in [5.74, 6) is 0.732. The maximum atomic E-state index is 10.4. The van der Waals surface area contributed by atoms with Crippen molar-refractivity contribution in [3.63, 3.8) is 0 Å². The van der Waals surface area contributed by atoms with Gasteiger partial charge in [0.25, 0.3) is 0 Å². The second kappa shape index (κ2) is 6.51. The van der Waals surface area contributed by atoms with Gasteiger partial charge in [0.15, 0.2) is 0 Å². The van der Waals surface area contributed by atoms with Crippen molar-refractivity contribution in [1.82, 2.24) is 5.32 Å². The van der Waals surface area contributed by atoms with E-state index in [1.807, 2.05) is 30.3 Å². The van der Waals surface area contributed by atoms with Gasteiger partial charge in [-0.15, -0.1) is 0 Å². The lowest BCUT2D eigenvalue weighted by molar-refractivity contribution is -0.00803. The molecule has 1 aromatic rings. The molecular formula is C16H25NO2. The van der Waals surface area contributed by atoms with Gasteiger partial charge in [0.1, 0.15) is 0 Å². The molecule has 1 atom stereocenters. The molecule has 2 rings (SSSR count). The van der Waals surface area contributed by atoms with Crippen LogP contribution in [-0.2, 0) is 0 Å². The minimum atomic E-state index is -0.580. The zero-order valence-corrected chi connectivity index (χ0v) is 11.7. The molecule has 1 fully saturated rings. The first kappa shape index (κ1) is 14.5. The Morgan fingerprint density at radius 3 is 2.53 bits per heavy atom. The van der Waals surface area contributed by atoms with Crippen LogP contribution in [0.1, 0.15) is 44.3 Å². The number of aliphatic hydroxyl groups excluding tert-OH is 1. The number of hydrogen-bond donors (Lipinski definition) is 3. The van der Waals surface area contributed by atoms with Gasteiger partial charge < -0.3 is 15.5 Å². The molecule has 0 aliphatic heterocycles. The number of hydrogen-bond acceptors (Lipinski definition) is 3. The lowest BCUT2D eigenvalue weighted by atomic mass is 9.79. The third kappa shape index (κ3) is 4.30. The molecule has 0 saturated heterocycles. The van der Waals surface area contributed by atoms with Gasteiger partial charge in [-0.2, -0.15) is 0 Å². The highest BCUT2D eigenvalue weighted by Crippen LogP contribution is 2.31. The first-order valence-electron chi connectivity index (χ1n) is 7.25. The summed E-state index contributed by atoms with van der Waals surface area (Å²) in [6, 6.07) is 9.63. The summed E-state index contributed by atoms with van der Waals surface area (Å²) >= 11 is 0. The molecule has 3 nitrogen and oxygen atoms in total. The number of nitrogens with one attached hydrogen (secondary N) is 1. The SMILES string of the molecule is CC1CCC(O)(CNCC(O)c2ccccc2)CC1. The topological polar surface area (TPSA) is 52.5 Å². The van der Waals surface area contributed by atoms with Crippen LogP contribution in [0, 0.1) is 5.92 Å². The lowest BCUT2D eigenvalue weighted by Crippen LogP contribution is -2.44. The molecule has 0 bridgehead atoms. The molecule has 0 heterocycles. The van der Waals surface area contributed by atoms with Gasteiger partial charge in [-0.05, 0) is 37.2 Å². The normalized spacial score (nSPS) is 29.1. The largest absolute Gasteiger partial charge is 0.389 e. The van der Waals surface area contributed by atoms with Crippen molar-refractivity contribution < 1.29 is 10.2 Å². The molecule has 1 aliphatic rings. The smallest absolute Gasteiger partial charge is 0.0914 e. The van der Waals surface area contributed by atoms with Crippen molar-refractivity contribution in [2.24, 2.45) is 5.92 Å². The maximum absolute atomic E-state index is 10.4. The van der Waals surface area contributed by atoms with E-state index in [-0.39, 0.29) is 0 Å². The predicted octanol–water partition coefficient (Wildman–Crippen LogP) is 2.25. The molecule has 3 N–H and O–H groups in total. The Kier molecular flexibility index (Phi) is 4.97. The van der Waals surface area contributed by atoms with E-state index in [1.165, 1.54) is 0 Å². The standard InChI is InChI=1S/C16H25NO2/c1-13-7-9-16(19,10-8-13)12-17-11-15(18)14-5-3-2-4-6-14/h2-6,13,15,17-19H,7-12H2,1H3. The van der Waals surface area contributed by atoms with Crippen LogP contribution >= 0.6 is 0 Å². The fourth-order valence-corrected chi connectivity index (χ4v) is 2.71. The van der Waals surface area contributed by atoms with Crippen LogP contribution in [0.3, 0.4) is 0 Å². The summed E-state index contributed by atoms with van der Waals surface area (Å²) in [6.45, 7) is 3.30. The molecule has 0 radical (unpaired) electrons. The van der Waals surface area contributed by atoms with E-state index in [2.05, 4.69) is 12.2 Å². The maximum Gasteiger partial charge on any atom is 0.0914 e. The number of rotatable bonds is 5. The molecule has 0 aromatic heterocycles. The number of benzene rings is 1. The number of aliphatic hydroxyl groups is 2. The molecule has 0 spiro atoms. The molecule has 1 unspecified atom stereocenters. The third-order valence-electron chi connectivity index (χ3n) is 4.18. The average molecular weight is 263 g/mol. The minimum Gasteiger partial charge on any atom is -0.389 e. The summed E-state index contributed by atoms with van der Waals surface area (Å²) < 4.78 is 0. The highest BCUT2D eigenvalue weighted by atomic mass is 16.3. The summed E-state index contributed by atoms with van der Waals surface area (Å²) in [6.07, 6.45) is 3.41. The molecule has 1 aliphatic carbocycles. The van der Waals surface area contributed by atoms with Gasteiger partial charge in [0.05, 0.1) is 11.7 Å². The molecular weight excluding hydrogens is 238 g/mol. The van der Waals surface area contributed by atoms with E-state index in [9.17, 15) is 10.2 Å². The fourth-order valence-electron chi connectivity index (χ4n) is 2.71. The summed E-state index contributed by atoms with van der Waals surface area (Å²) in [4.78, 5) is 0. The van der Waals surface area contributed by atoms with E-state index < -0.39 is 11.7 Å². The van der Waals surface area contributed by atoms with Crippen molar-refractivity contribution in [1.29, 1.82) is 0 Å². The van der Waals surface area contributed by atoms with E-state index >= 15 is 0 Å². The molecule has 19 heavy (non-hydrogen) atoms. The highest BCUT2D eigenvalue weighted by Gasteiger charge is 2.31. The van der Waals surface area contributed by atoms with Crippen LogP contribution in [0.15, 0.2) is 30.3 Å². The van der Waals surface area contributed by atoms with Gasteiger partial charge in [0, 0.05) is 13.1 Å². The highest BCUT2D eigenvalue weighted by molar-refractivity contribution is 5.17. The third-order valence-corrected chi connectivity index (χ3v) is 4.18. The molecule has 1 saturated carbocycles. The monoisotopic (exact) mass is 263 g/mol. The Bertz CT molecular complexity index is 372. The van der Waals surface area contributed by atoms with E-state index in [0.29, 0.717) is 13.1 Å². The predicted molar refractivity (Wildman–Crippen MR) is 76.9 cm³/mol. The van der Waals surface area contributed by atoms with Crippen LogP contribution in [0.25, 0.3) is 0 Å². The van der Waals surface area contributed by atoms with Crippen LogP contribution in [0.5, 0.6) is 0 Å². The molecule has 1 aromatic carbocycles. The zero-order chi connectivity index (χ0) is 13.7. The summed E-state index contributed by atoms with van der Waals surface area (Å²) in [5.41, 5.74) is 0.336. The Morgan fingerprint density at radius 2 is 1.89 bits per heavy atom. The van der Waals surface area contributed by atoms with Gasteiger partial charge in [-0.1, -0.05) is 37.3 Å². The fraction of sp³-hybridized carbons (Fsp3) is 0.625. The first-order valence-corrected chi connectivity index (χ1v) is 7.25. The first-order chi connectivity index (χ1) is 9.09. The van der Waals surface area contributed by atoms with Crippen molar-refractivity contribution >= 4 is 0 Å². The minimum absolute atomic E-state index is 0.488. The Balaban J connectivity index is 1.74. The summed E-state index contributed by atoms with van der Waals surface area (Å²) in [7, 11) is 0. The van der Waals surface area contributed by atoms with Crippen LogP contribution in [0.2, 0.25) is 0 Å². The van der Waals surface area contributed by atoms with Crippen molar-refractivity contribution in [2.75, 3.05) is 13.1 Å². The summed E-state index contributed by atoms with van der Waals surface area (Å²) in [5, 5.41) is 23.7. The molecule has 3 heteroatoms. The average Bonchev–Trinajstić information content (AvgIpc) is 2.43. The zero-order valence-electron chi connectivity index (χ0n) is 11.7. The van der Waals surface area contributed by atoms with Gasteiger partial charge in [-0.3, -0.25) is 0 Å². The second-order valence-corrected chi connectivity index (χ2v) is 5.96.